The van der Waals surface area contributed by atoms with Crippen molar-refractivity contribution in [3.63, 3.8) is 0 Å². The first kappa shape index (κ1) is 12.5. The Morgan fingerprint density at radius 2 is 1.92 bits per heavy atom. The van der Waals surface area contributed by atoms with Crippen LogP contribution in [0.2, 0.25) is 0 Å². The normalized spacial score (nSPS) is 13.9. The van der Waals surface area contributed by atoms with Gasteiger partial charge in [0.15, 0.2) is 0 Å². The number of carbonyl (C=O) groups is 1. The van der Waals surface area contributed by atoms with Crippen LogP contribution in [-0.4, -0.2) is 12.5 Å². The van der Waals surface area contributed by atoms with E-state index in [9.17, 15) is 4.79 Å². The van der Waals surface area contributed by atoms with E-state index < -0.39 is 0 Å². The zero-order valence-corrected chi connectivity index (χ0v) is 9.61. The van der Waals surface area contributed by atoms with Crippen LogP contribution in [-0.2, 0) is 4.79 Å². The van der Waals surface area contributed by atoms with Gasteiger partial charge in [-0.05, 0) is 17.8 Å². The van der Waals surface area contributed by atoms with Crippen LogP contribution in [0, 0.1) is 11.3 Å². The lowest BCUT2D eigenvalue weighted by atomic mass is 9.82. The molecule has 1 amide bonds. The van der Waals surface area contributed by atoms with Gasteiger partial charge in [-0.3, -0.25) is 4.79 Å². The molecular weight excluding hydrogens is 162 g/mol. The Morgan fingerprint density at radius 3 is 2.31 bits per heavy atom. The molecule has 0 saturated carbocycles. The fourth-order valence-electron chi connectivity index (χ4n) is 0.889. The molecule has 13 heavy (non-hydrogen) atoms. The molecule has 0 radical (unpaired) electrons. The van der Waals surface area contributed by atoms with Crippen molar-refractivity contribution in [1.29, 1.82) is 0 Å². The summed E-state index contributed by atoms with van der Waals surface area (Å²) in [6, 6.07) is 0. The Hall–Kier alpha value is -0.530. The molecule has 2 nitrogen and oxygen atoms in total. The fourth-order valence-corrected chi connectivity index (χ4v) is 0.889. The molecule has 1 atom stereocenters. The van der Waals surface area contributed by atoms with E-state index in [1.165, 1.54) is 0 Å². The lowest BCUT2D eigenvalue weighted by Crippen LogP contribution is -2.33. The first-order valence-electron chi connectivity index (χ1n) is 5.14. The maximum atomic E-state index is 11.2. The van der Waals surface area contributed by atoms with E-state index in [0.717, 1.165) is 13.0 Å². The van der Waals surface area contributed by atoms with Gasteiger partial charge in [-0.25, -0.2) is 0 Å². The Kier molecular flexibility index (Phi) is 5.04. The molecule has 0 aliphatic carbocycles. The summed E-state index contributed by atoms with van der Waals surface area (Å²) >= 11 is 0. The molecule has 0 aliphatic heterocycles. The van der Waals surface area contributed by atoms with Gasteiger partial charge in [-0.1, -0.05) is 34.6 Å². The minimum absolute atomic E-state index is 0.179. The number of amides is 1. The van der Waals surface area contributed by atoms with Crippen molar-refractivity contribution in [2.75, 3.05) is 6.54 Å². The number of carbonyl (C=O) groups excluding carboxylic acids is 1. The van der Waals surface area contributed by atoms with E-state index in [1.54, 1.807) is 0 Å². The molecule has 0 bridgehead atoms. The van der Waals surface area contributed by atoms with Crippen LogP contribution in [0.4, 0.5) is 0 Å². The monoisotopic (exact) mass is 185 g/mol. The van der Waals surface area contributed by atoms with Gasteiger partial charge in [0, 0.05) is 13.0 Å². The van der Waals surface area contributed by atoms with Gasteiger partial charge < -0.3 is 5.32 Å². The molecular formula is C11H23NO. The van der Waals surface area contributed by atoms with Crippen LogP contribution in [0.1, 0.15) is 47.5 Å². The average molecular weight is 185 g/mol. The van der Waals surface area contributed by atoms with E-state index in [-0.39, 0.29) is 11.3 Å². The highest BCUT2D eigenvalue weighted by Crippen LogP contribution is 2.24. The smallest absolute Gasteiger partial charge is 0.219 e. The number of hydrogen-bond donors (Lipinski definition) is 1. The predicted molar refractivity (Wildman–Crippen MR) is 56.5 cm³/mol. The standard InChI is InChI=1S/C11H23NO/c1-6-7-10(13)12-8-9(2)11(3,4)5/h9H,6-8H2,1-5H3,(H,12,13). The van der Waals surface area contributed by atoms with E-state index in [1.807, 2.05) is 6.92 Å². The van der Waals surface area contributed by atoms with Crippen LogP contribution in [0.3, 0.4) is 0 Å². The lowest BCUT2D eigenvalue weighted by Gasteiger charge is -2.27. The van der Waals surface area contributed by atoms with Gasteiger partial charge in [-0.2, -0.15) is 0 Å². The van der Waals surface area contributed by atoms with E-state index in [2.05, 4.69) is 33.0 Å². The van der Waals surface area contributed by atoms with E-state index in [4.69, 9.17) is 0 Å². The summed E-state index contributed by atoms with van der Waals surface area (Å²) in [5.74, 6) is 0.701. The van der Waals surface area contributed by atoms with Gasteiger partial charge in [-0.15, -0.1) is 0 Å². The molecule has 2 heteroatoms. The van der Waals surface area contributed by atoms with Gasteiger partial charge >= 0.3 is 0 Å². The summed E-state index contributed by atoms with van der Waals surface area (Å²) in [4.78, 5) is 11.2. The van der Waals surface area contributed by atoms with Crippen molar-refractivity contribution in [3.8, 4) is 0 Å². The molecule has 0 saturated heterocycles. The number of rotatable bonds is 4. The maximum Gasteiger partial charge on any atom is 0.219 e. The quantitative estimate of drug-likeness (QED) is 0.716. The van der Waals surface area contributed by atoms with Crippen molar-refractivity contribution in [2.24, 2.45) is 11.3 Å². The molecule has 1 unspecified atom stereocenters. The largest absolute Gasteiger partial charge is 0.356 e. The fraction of sp³-hybridized carbons (Fsp3) is 0.909. The molecule has 0 aliphatic rings. The molecule has 0 heterocycles. The van der Waals surface area contributed by atoms with Crippen LogP contribution in [0.25, 0.3) is 0 Å². The number of nitrogens with one attached hydrogen (secondary N) is 1. The summed E-state index contributed by atoms with van der Waals surface area (Å²) in [7, 11) is 0. The molecule has 1 N–H and O–H groups in total. The third kappa shape index (κ3) is 5.67. The third-order valence-corrected chi connectivity index (χ3v) is 2.56. The van der Waals surface area contributed by atoms with Gasteiger partial charge in [0.05, 0.1) is 0 Å². The number of hydrogen-bond acceptors (Lipinski definition) is 1. The molecule has 0 rings (SSSR count). The minimum atomic E-state index is 0.179. The molecule has 0 fully saturated rings. The van der Waals surface area contributed by atoms with Crippen LogP contribution >= 0.6 is 0 Å². The van der Waals surface area contributed by atoms with Crippen molar-refractivity contribution in [2.45, 2.75) is 47.5 Å². The van der Waals surface area contributed by atoms with Crippen molar-refractivity contribution in [3.05, 3.63) is 0 Å². The summed E-state index contributed by atoms with van der Waals surface area (Å²) in [5, 5.41) is 2.95. The van der Waals surface area contributed by atoms with Gasteiger partial charge in [0.2, 0.25) is 5.91 Å². The Balaban J connectivity index is 3.70. The molecule has 78 valence electrons. The highest BCUT2D eigenvalue weighted by atomic mass is 16.1. The predicted octanol–water partition coefficient (Wildman–Crippen LogP) is 2.58. The highest BCUT2D eigenvalue weighted by Gasteiger charge is 2.19. The van der Waals surface area contributed by atoms with Crippen molar-refractivity contribution >= 4 is 5.91 Å². The van der Waals surface area contributed by atoms with Gasteiger partial charge in [0.1, 0.15) is 0 Å². The van der Waals surface area contributed by atoms with E-state index >= 15 is 0 Å². The van der Waals surface area contributed by atoms with Gasteiger partial charge in [0.25, 0.3) is 0 Å². The maximum absolute atomic E-state index is 11.2. The SMILES string of the molecule is CCCC(=O)NCC(C)C(C)(C)C. The Bertz CT molecular complexity index is 158. The van der Waals surface area contributed by atoms with Crippen molar-refractivity contribution < 1.29 is 4.79 Å². The molecule has 0 aromatic carbocycles. The Morgan fingerprint density at radius 1 is 1.38 bits per heavy atom. The lowest BCUT2D eigenvalue weighted by molar-refractivity contribution is -0.121. The molecule has 0 spiro atoms. The van der Waals surface area contributed by atoms with Crippen LogP contribution < -0.4 is 5.32 Å². The second kappa shape index (κ2) is 5.25. The molecule has 0 aromatic heterocycles. The van der Waals surface area contributed by atoms with Crippen LogP contribution in [0.5, 0.6) is 0 Å². The third-order valence-electron chi connectivity index (χ3n) is 2.56. The summed E-state index contributed by atoms with van der Waals surface area (Å²) < 4.78 is 0. The highest BCUT2D eigenvalue weighted by molar-refractivity contribution is 5.75. The zero-order valence-electron chi connectivity index (χ0n) is 9.61. The van der Waals surface area contributed by atoms with E-state index in [0.29, 0.717) is 12.3 Å². The summed E-state index contributed by atoms with van der Waals surface area (Å²) in [5.41, 5.74) is 0.277. The summed E-state index contributed by atoms with van der Waals surface area (Å²) in [6.07, 6.45) is 1.58. The summed E-state index contributed by atoms with van der Waals surface area (Å²) in [6.45, 7) is 11.6. The van der Waals surface area contributed by atoms with Crippen LogP contribution in [0.15, 0.2) is 0 Å². The van der Waals surface area contributed by atoms with Crippen molar-refractivity contribution in [1.82, 2.24) is 5.32 Å². The minimum Gasteiger partial charge on any atom is -0.356 e. The Labute approximate surface area is 82.1 Å². The second-order valence-electron chi connectivity index (χ2n) is 4.82. The first-order valence-corrected chi connectivity index (χ1v) is 5.14. The average Bonchev–Trinajstić information content (AvgIpc) is 1.99. The topological polar surface area (TPSA) is 29.1 Å². The molecule has 0 aromatic rings. The second-order valence-corrected chi connectivity index (χ2v) is 4.82. The zero-order chi connectivity index (χ0) is 10.5. The first-order chi connectivity index (χ1) is 5.88.